The maximum absolute atomic E-state index is 12.7. The van der Waals surface area contributed by atoms with Crippen molar-refractivity contribution in [1.82, 2.24) is 0 Å². The highest BCUT2D eigenvalue weighted by Gasteiger charge is 2.26. The molecule has 0 saturated heterocycles. The van der Waals surface area contributed by atoms with Crippen LogP contribution in [0, 0.1) is 0 Å². The molecule has 0 aromatic carbocycles. The number of nitrogens with two attached hydrogens (primary N) is 1. The number of esters is 2. The third-order valence-electron chi connectivity index (χ3n) is 15.7. The van der Waals surface area contributed by atoms with Crippen molar-refractivity contribution in [2.24, 2.45) is 5.73 Å². The third-order valence-corrected chi connectivity index (χ3v) is 16.6. The van der Waals surface area contributed by atoms with Gasteiger partial charge in [0.2, 0.25) is 0 Å². The van der Waals surface area contributed by atoms with Crippen LogP contribution in [0.15, 0.2) is 12.2 Å². The van der Waals surface area contributed by atoms with E-state index in [0.717, 1.165) is 38.5 Å². The zero-order chi connectivity index (χ0) is 55.9. The quantitative estimate of drug-likeness (QED) is 0.0264. The van der Waals surface area contributed by atoms with Crippen LogP contribution in [0.2, 0.25) is 0 Å². The summed E-state index contributed by atoms with van der Waals surface area (Å²) >= 11 is 0. The molecule has 0 radical (unpaired) electrons. The second-order valence-electron chi connectivity index (χ2n) is 23.4. The van der Waals surface area contributed by atoms with Crippen molar-refractivity contribution in [2.75, 3.05) is 26.4 Å². The number of allylic oxidation sites excluding steroid dienone is 2. The molecular formula is C67H132NO8P. The Morgan fingerprint density at radius 3 is 0.922 bits per heavy atom. The second kappa shape index (κ2) is 63.9. The van der Waals surface area contributed by atoms with Crippen molar-refractivity contribution in [2.45, 2.75) is 380 Å². The molecule has 77 heavy (non-hydrogen) atoms. The molecule has 10 heteroatoms. The van der Waals surface area contributed by atoms with E-state index in [0.29, 0.717) is 6.42 Å². The number of hydrogen-bond donors (Lipinski definition) is 2. The van der Waals surface area contributed by atoms with E-state index in [2.05, 4.69) is 26.0 Å². The Labute approximate surface area is 479 Å². The first-order chi connectivity index (χ1) is 37.8. The van der Waals surface area contributed by atoms with E-state index in [1.807, 2.05) is 0 Å². The van der Waals surface area contributed by atoms with Gasteiger partial charge in [-0.05, 0) is 38.5 Å². The lowest BCUT2D eigenvalue weighted by Gasteiger charge is -2.19. The van der Waals surface area contributed by atoms with Crippen molar-refractivity contribution < 1.29 is 37.6 Å². The predicted molar refractivity (Wildman–Crippen MR) is 331 cm³/mol. The lowest BCUT2D eigenvalue weighted by molar-refractivity contribution is -0.161. The van der Waals surface area contributed by atoms with E-state index >= 15 is 0 Å². The summed E-state index contributed by atoms with van der Waals surface area (Å²) in [7, 11) is -4.39. The van der Waals surface area contributed by atoms with Crippen LogP contribution in [0.5, 0.6) is 0 Å². The van der Waals surface area contributed by atoms with Crippen LogP contribution in [0.4, 0.5) is 0 Å². The number of ether oxygens (including phenoxy) is 2. The summed E-state index contributed by atoms with van der Waals surface area (Å²) in [4.78, 5) is 35.3. The molecule has 2 unspecified atom stereocenters. The SMILES string of the molecule is CCCCCCCCCC/C=C\CCCCCCCCCCCC(=O)OC(COC(=O)CCCCCCCCCCCCCCCCCCCCCCCCCCCCCCCCCCCCC)COP(=O)(O)OCCN. The van der Waals surface area contributed by atoms with Crippen LogP contribution in [-0.4, -0.2) is 49.3 Å². The molecule has 458 valence electrons. The average Bonchev–Trinajstić information content (AvgIpc) is 3.42. The summed E-state index contributed by atoms with van der Waals surface area (Å²) in [5.41, 5.74) is 5.39. The Morgan fingerprint density at radius 2 is 0.636 bits per heavy atom. The number of phosphoric acid groups is 1. The van der Waals surface area contributed by atoms with E-state index in [1.165, 1.54) is 302 Å². The molecule has 0 spiro atoms. The van der Waals surface area contributed by atoms with Gasteiger partial charge in [-0.3, -0.25) is 18.6 Å². The van der Waals surface area contributed by atoms with E-state index in [4.69, 9.17) is 24.3 Å². The monoisotopic (exact) mass is 1110 g/mol. The van der Waals surface area contributed by atoms with E-state index in [9.17, 15) is 19.0 Å². The highest BCUT2D eigenvalue weighted by Crippen LogP contribution is 2.43. The molecule has 9 nitrogen and oxygen atoms in total. The first kappa shape index (κ1) is 75.8. The minimum atomic E-state index is -4.39. The van der Waals surface area contributed by atoms with Gasteiger partial charge in [0.25, 0.3) is 0 Å². The van der Waals surface area contributed by atoms with Crippen LogP contribution in [0.1, 0.15) is 373 Å². The van der Waals surface area contributed by atoms with Crippen LogP contribution in [0.3, 0.4) is 0 Å². The largest absolute Gasteiger partial charge is 0.472 e. The highest BCUT2D eigenvalue weighted by atomic mass is 31.2. The zero-order valence-electron chi connectivity index (χ0n) is 51.5. The average molecular weight is 1110 g/mol. The van der Waals surface area contributed by atoms with Crippen LogP contribution >= 0.6 is 7.82 Å². The number of carbonyl (C=O) groups excluding carboxylic acids is 2. The minimum Gasteiger partial charge on any atom is -0.462 e. The smallest absolute Gasteiger partial charge is 0.462 e. The molecule has 3 N–H and O–H groups in total. The van der Waals surface area contributed by atoms with Crippen LogP contribution in [-0.2, 0) is 32.7 Å². The van der Waals surface area contributed by atoms with Crippen molar-refractivity contribution in [1.29, 1.82) is 0 Å². The van der Waals surface area contributed by atoms with Gasteiger partial charge >= 0.3 is 19.8 Å². The maximum atomic E-state index is 12.7. The molecule has 0 amide bonds. The molecule has 2 atom stereocenters. The summed E-state index contributed by atoms with van der Waals surface area (Å²) in [6.45, 7) is 3.82. The van der Waals surface area contributed by atoms with E-state index in [1.54, 1.807) is 0 Å². The van der Waals surface area contributed by atoms with Gasteiger partial charge in [-0.15, -0.1) is 0 Å². The molecule has 0 aliphatic rings. The fourth-order valence-corrected chi connectivity index (χ4v) is 11.3. The molecule has 0 rings (SSSR count). The fourth-order valence-electron chi connectivity index (χ4n) is 10.6. The van der Waals surface area contributed by atoms with Crippen LogP contribution < -0.4 is 5.73 Å². The van der Waals surface area contributed by atoms with Gasteiger partial charge in [-0.2, -0.15) is 0 Å². The Hall–Kier alpha value is -1.25. The summed E-state index contributed by atoms with van der Waals surface area (Å²) in [6.07, 6.45) is 76.0. The van der Waals surface area contributed by atoms with Crippen LogP contribution in [0.25, 0.3) is 0 Å². The molecule has 0 saturated carbocycles. The topological polar surface area (TPSA) is 134 Å². The first-order valence-corrected chi connectivity index (χ1v) is 35.7. The summed E-state index contributed by atoms with van der Waals surface area (Å²) in [5, 5.41) is 0. The molecule has 0 aromatic heterocycles. The zero-order valence-corrected chi connectivity index (χ0v) is 52.4. The van der Waals surface area contributed by atoms with Gasteiger partial charge in [-0.1, -0.05) is 334 Å². The van der Waals surface area contributed by atoms with Crippen molar-refractivity contribution in [3.8, 4) is 0 Å². The number of phosphoric ester groups is 1. The third kappa shape index (κ3) is 63.8. The van der Waals surface area contributed by atoms with Gasteiger partial charge in [0.15, 0.2) is 6.10 Å². The lowest BCUT2D eigenvalue weighted by Crippen LogP contribution is -2.29. The first-order valence-electron chi connectivity index (χ1n) is 34.2. The summed E-state index contributed by atoms with van der Waals surface area (Å²) in [6, 6.07) is 0. The molecule has 0 fully saturated rings. The van der Waals surface area contributed by atoms with Gasteiger partial charge < -0.3 is 20.1 Å². The standard InChI is InChI=1S/C67H132NO8P/c1-3-5-7-9-11-13-15-17-19-21-23-25-26-27-28-29-30-31-32-33-34-35-36-37-38-40-41-43-45-47-49-51-53-55-57-59-66(69)73-63-65(64-75-77(71,72)74-62-61-68)76-67(70)60-58-56-54-52-50-48-46-44-42-39-24-22-20-18-16-14-12-10-8-6-4-2/h22,24,65H,3-21,23,25-64,68H2,1-2H3,(H,71,72)/b24-22-. The Balaban J connectivity index is 3.77. The van der Waals surface area contributed by atoms with Gasteiger partial charge in [0.05, 0.1) is 13.2 Å². The molecular weight excluding hydrogens is 978 g/mol. The van der Waals surface area contributed by atoms with Crippen molar-refractivity contribution in [3.05, 3.63) is 12.2 Å². The van der Waals surface area contributed by atoms with Crippen molar-refractivity contribution >= 4 is 19.8 Å². The predicted octanol–water partition coefficient (Wildman–Crippen LogP) is 22.0. The Kier molecular flexibility index (Phi) is 62.9. The lowest BCUT2D eigenvalue weighted by atomic mass is 10.0. The highest BCUT2D eigenvalue weighted by molar-refractivity contribution is 7.47. The van der Waals surface area contributed by atoms with E-state index in [-0.39, 0.29) is 38.6 Å². The molecule has 0 aromatic rings. The van der Waals surface area contributed by atoms with Gasteiger partial charge in [-0.25, -0.2) is 4.57 Å². The molecule has 0 heterocycles. The van der Waals surface area contributed by atoms with E-state index < -0.39 is 26.5 Å². The molecule has 0 bridgehead atoms. The molecule has 0 aliphatic heterocycles. The number of carbonyl (C=O) groups is 2. The molecule has 0 aliphatic carbocycles. The summed E-state index contributed by atoms with van der Waals surface area (Å²) < 4.78 is 33.1. The van der Waals surface area contributed by atoms with Gasteiger partial charge in [0.1, 0.15) is 6.61 Å². The maximum Gasteiger partial charge on any atom is 0.472 e. The fraction of sp³-hybridized carbons (Fsp3) is 0.940. The Morgan fingerprint density at radius 1 is 0.377 bits per heavy atom. The number of unbranched alkanes of at least 4 members (excludes halogenated alkanes) is 51. The summed E-state index contributed by atoms with van der Waals surface area (Å²) in [5.74, 6) is -0.807. The minimum absolute atomic E-state index is 0.0566. The Bertz CT molecular complexity index is 1270. The van der Waals surface area contributed by atoms with Crippen molar-refractivity contribution in [3.63, 3.8) is 0 Å². The number of hydrogen-bond acceptors (Lipinski definition) is 8. The van der Waals surface area contributed by atoms with Gasteiger partial charge in [0, 0.05) is 19.4 Å². The second-order valence-corrected chi connectivity index (χ2v) is 24.9. The normalized spacial score (nSPS) is 12.9. The number of rotatable bonds is 66.